The van der Waals surface area contributed by atoms with Gasteiger partial charge < -0.3 is 14.3 Å². The van der Waals surface area contributed by atoms with Gasteiger partial charge in [0.15, 0.2) is 0 Å². The summed E-state index contributed by atoms with van der Waals surface area (Å²) in [6.45, 7) is 1.68. The van der Waals surface area contributed by atoms with E-state index in [-0.39, 0.29) is 5.75 Å². The summed E-state index contributed by atoms with van der Waals surface area (Å²) in [6.07, 6.45) is 0. The van der Waals surface area contributed by atoms with Crippen LogP contribution in [-0.4, -0.2) is 43.3 Å². The minimum Gasteiger partial charge on any atom is -0.418 e. The molecule has 0 atom stereocenters. The molecule has 108 valence electrons. The second kappa shape index (κ2) is 6.90. The molecule has 0 aromatic heterocycles. The predicted molar refractivity (Wildman–Crippen MR) is 70.6 cm³/mol. The van der Waals surface area contributed by atoms with E-state index >= 15 is 0 Å². The molecular formula is C12H11Cl2NO5. The minimum absolute atomic E-state index is 0.0754. The molecule has 20 heavy (non-hydrogen) atoms. The number of hydrogen-bond acceptors (Lipinski definition) is 6. The van der Waals surface area contributed by atoms with Gasteiger partial charge in [-0.2, -0.15) is 0 Å². The summed E-state index contributed by atoms with van der Waals surface area (Å²) in [4.78, 5) is 28.0. The van der Waals surface area contributed by atoms with Crippen molar-refractivity contribution in [3.05, 3.63) is 28.2 Å². The Bertz CT molecular complexity index is 496. The van der Waals surface area contributed by atoms with Crippen molar-refractivity contribution in [3.8, 4) is 5.75 Å². The van der Waals surface area contributed by atoms with E-state index in [2.05, 4.69) is 0 Å². The average molecular weight is 320 g/mol. The van der Waals surface area contributed by atoms with E-state index in [4.69, 9.17) is 37.5 Å². The van der Waals surface area contributed by atoms with E-state index in [1.807, 2.05) is 0 Å². The van der Waals surface area contributed by atoms with Gasteiger partial charge in [0.25, 0.3) is 0 Å². The number of benzene rings is 1. The van der Waals surface area contributed by atoms with Crippen molar-refractivity contribution in [1.29, 1.82) is 0 Å². The Labute approximate surface area is 125 Å². The molecular weight excluding hydrogens is 309 g/mol. The Morgan fingerprint density at radius 1 is 1.05 bits per heavy atom. The number of rotatable bonds is 2. The van der Waals surface area contributed by atoms with Crippen LogP contribution < -0.4 is 4.74 Å². The number of ether oxygens (including phenoxy) is 2. The third-order valence-corrected chi connectivity index (χ3v) is 2.83. The molecule has 1 saturated heterocycles. The zero-order chi connectivity index (χ0) is 14.5. The Hall–Kier alpha value is -1.34. The summed E-state index contributed by atoms with van der Waals surface area (Å²) >= 11 is 11.5. The number of esters is 1. The van der Waals surface area contributed by atoms with Gasteiger partial charge in [-0.15, -0.1) is 5.06 Å². The highest BCUT2D eigenvalue weighted by Crippen LogP contribution is 2.24. The molecule has 1 aliphatic heterocycles. The van der Waals surface area contributed by atoms with Gasteiger partial charge in [0.05, 0.1) is 26.3 Å². The quantitative estimate of drug-likeness (QED) is 0.469. The Morgan fingerprint density at radius 3 is 2.25 bits per heavy atom. The van der Waals surface area contributed by atoms with E-state index in [0.29, 0.717) is 36.3 Å². The normalized spacial score (nSPS) is 15.7. The fraction of sp³-hybridized carbons (Fsp3) is 0.333. The van der Waals surface area contributed by atoms with Crippen LogP contribution >= 0.6 is 23.2 Å². The summed E-state index contributed by atoms with van der Waals surface area (Å²) in [5.74, 6) is -2.18. The maximum atomic E-state index is 11.6. The van der Waals surface area contributed by atoms with Crippen molar-refractivity contribution in [3.63, 3.8) is 0 Å². The lowest BCUT2D eigenvalue weighted by atomic mass is 10.3. The molecule has 0 bridgehead atoms. The van der Waals surface area contributed by atoms with E-state index in [1.165, 1.54) is 23.3 Å². The first-order valence-corrected chi connectivity index (χ1v) is 6.53. The van der Waals surface area contributed by atoms with Crippen molar-refractivity contribution in [2.75, 3.05) is 26.3 Å². The molecule has 8 heteroatoms. The van der Waals surface area contributed by atoms with Crippen LogP contribution in [0.25, 0.3) is 0 Å². The standard InChI is InChI=1S/C12H11Cl2NO5/c13-8-5-9(14)7-10(6-8)19-11(16)12(17)20-15-1-3-18-4-2-15/h5-7H,1-4H2. The van der Waals surface area contributed by atoms with Gasteiger partial charge in [0.1, 0.15) is 5.75 Å². The molecule has 0 saturated carbocycles. The zero-order valence-corrected chi connectivity index (χ0v) is 11.8. The molecule has 6 nitrogen and oxygen atoms in total. The molecule has 1 aliphatic rings. The molecule has 0 unspecified atom stereocenters. The molecule has 1 aromatic rings. The van der Waals surface area contributed by atoms with E-state index in [9.17, 15) is 9.59 Å². The van der Waals surface area contributed by atoms with E-state index < -0.39 is 11.9 Å². The van der Waals surface area contributed by atoms with Crippen molar-refractivity contribution >= 4 is 35.1 Å². The lowest BCUT2D eigenvalue weighted by Crippen LogP contribution is -2.40. The first-order chi connectivity index (χ1) is 9.54. The van der Waals surface area contributed by atoms with Crippen LogP contribution in [0.4, 0.5) is 0 Å². The fourth-order valence-corrected chi connectivity index (χ4v) is 2.03. The SMILES string of the molecule is O=C(Oc1cc(Cl)cc(Cl)c1)C(=O)ON1CCOCC1. The Morgan fingerprint density at radius 2 is 1.65 bits per heavy atom. The molecule has 0 N–H and O–H groups in total. The smallest absolute Gasteiger partial charge is 0.418 e. The van der Waals surface area contributed by atoms with Crippen molar-refractivity contribution < 1.29 is 23.9 Å². The highest BCUT2D eigenvalue weighted by Gasteiger charge is 2.23. The molecule has 0 radical (unpaired) electrons. The molecule has 1 heterocycles. The molecule has 2 rings (SSSR count). The third-order valence-electron chi connectivity index (χ3n) is 2.40. The van der Waals surface area contributed by atoms with Crippen LogP contribution in [-0.2, 0) is 19.2 Å². The van der Waals surface area contributed by atoms with E-state index in [1.54, 1.807) is 0 Å². The Kier molecular flexibility index (Phi) is 5.19. The topological polar surface area (TPSA) is 65.1 Å². The fourth-order valence-electron chi connectivity index (χ4n) is 1.53. The van der Waals surface area contributed by atoms with Gasteiger partial charge in [-0.3, -0.25) is 0 Å². The highest BCUT2D eigenvalue weighted by molar-refractivity contribution is 6.35. The first kappa shape index (κ1) is 15.1. The average Bonchev–Trinajstić information content (AvgIpc) is 2.38. The number of carbonyl (C=O) groups is 2. The maximum absolute atomic E-state index is 11.6. The highest BCUT2D eigenvalue weighted by atomic mass is 35.5. The molecule has 0 amide bonds. The number of nitrogens with zero attached hydrogens (tertiary/aromatic N) is 1. The van der Waals surface area contributed by atoms with Crippen LogP contribution in [0.3, 0.4) is 0 Å². The molecule has 0 aliphatic carbocycles. The van der Waals surface area contributed by atoms with Gasteiger partial charge in [-0.25, -0.2) is 9.59 Å². The monoisotopic (exact) mass is 319 g/mol. The molecule has 1 fully saturated rings. The van der Waals surface area contributed by atoms with Crippen LogP contribution in [0.2, 0.25) is 10.0 Å². The number of carbonyl (C=O) groups excluding carboxylic acids is 2. The van der Waals surface area contributed by atoms with Crippen molar-refractivity contribution in [1.82, 2.24) is 5.06 Å². The minimum atomic E-state index is -1.14. The maximum Gasteiger partial charge on any atom is 0.436 e. The number of hydrogen-bond donors (Lipinski definition) is 0. The number of morpholine rings is 1. The summed E-state index contributed by atoms with van der Waals surface area (Å²) in [7, 11) is 0. The van der Waals surface area contributed by atoms with Gasteiger partial charge in [0.2, 0.25) is 0 Å². The summed E-state index contributed by atoms with van der Waals surface area (Å²) in [6, 6.07) is 4.22. The summed E-state index contributed by atoms with van der Waals surface area (Å²) < 4.78 is 9.92. The van der Waals surface area contributed by atoms with Gasteiger partial charge in [-0.1, -0.05) is 23.2 Å². The van der Waals surface area contributed by atoms with Crippen LogP contribution in [0.5, 0.6) is 5.75 Å². The summed E-state index contributed by atoms with van der Waals surface area (Å²) in [5, 5.41) is 1.93. The predicted octanol–water partition coefficient (Wildman–Crippen LogP) is 1.69. The second-order valence-electron chi connectivity index (χ2n) is 3.91. The van der Waals surface area contributed by atoms with Gasteiger partial charge >= 0.3 is 11.9 Å². The number of hydroxylamine groups is 2. The number of halogens is 2. The van der Waals surface area contributed by atoms with Gasteiger partial charge in [-0.05, 0) is 18.2 Å². The molecule has 1 aromatic carbocycles. The van der Waals surface area contributed by atoms with Crippen molar-refractivity contribution in [2.45, 2.75) is 0 Å². The zero-order valence-electron chi connectivity index (χ0n) is 10.3. The van der Waals surface area contributed by atoms with Crippen LogP contribution in [0.15, 0.2) is 18.2 Å². The Balaban J connectivity index is 1.91. The molecule has 0 spiro atoms. The van der Waals surface area contributed by atoms with Crippen LogP contribution in [0, 0.1) is 0 Å². The lowest BCUT2D eigenvalue weighted by Gasteiger charge is -2.24. The summed E-state index contributed by atoms with van der Waals surface area (Å²) in [5.41, 5.74) is 0. The third kappa shape index (κ3) is 4.35. The van der Waals surface area contributed by atoms with Crippen LogP contribution in [0.1, 0.15) is 0 Å². The van der Waals surface area contributed by atoms with E-state index in [0.717, 1.165) is 0 Å². The van der Waals surface area contributed by atoms with Gasteiger partial charge in [0, 0.05) is 10.0 Å². The lowest BCUT2D eigenvalue weighted by molar-refractivity contribution is -0.209. The largest absolute Gasteiger partial charge is 0.436 e. The first-order valence-electron chi connectivity index (χ1n) is 5.77. The second-order valence-corrected chi connectivity index (χ2v) is 4.79. The van der Waals surface area contributed by atoms with Crippen molar-refractivity contribution in [2.24, 2.45) is 0 Å².